The van der Waals surface area contributed by atoms with Gasteiger partial charge in [0.05, 0.1) is 0 Å². The summed E-state index contributed by atoms with van der Waals surface area (Å²) in [6.07, 6.45) is 23.4. The van der Waals surface area contributed by atoms with Gasteiger partial charge in [-0.25, -0.2) is 4.39 Å². The number of hydrogen-bond acceptors (Lipinski definition) is 2. The van der Waals surface area contributed by atoms with E-state index in [0.29, 0.717) is 0 Å². The molecule has 0 radical (unpaired) electrons. The molecule has 0 saturated heterocycles. The highest BCUT2D eigenvalue weighted by atomic mass is 35.5. The Hall–Kier alpha value is -0.350. The molecule has 0 aliphatic carbocycles. The molecule has 1 aromatic carbocycles. The summed E-state index contributed by atoms with van der Waals surface area (Å²) in [6.45, 7) is 4.29. The third kappa shape index (κ3) is 20.3. The van der Waals surface area contributed by atoms with Gasteiger partial charge in [-0.3, -0.25) is 0 Å². The Kier molecular flexibility index (Phi) is 26.7. The summed E-state index contributed by atoms with van der Waals surface area (Å²) >= 11 is 0. The Morgan fingerprint density at radius 2 is 1.06 bits per heavy atom. The number of hydrogen-bond donors (Lipinski definition) is 2. The fourth-order valence-electron chi connectivity index (χ4n) is 4.06. The molecular formula is C27H51Cl2FN2. The lowest BCUT2D eigenvalue weighted by Crippen LogP contribution is -2.22. The van der Waals surface area contributed by atoms with Gasteiger partial charge in [-0.05, 0) is 43.6 Å². The van der Waals surface area contributed by atoms with Crippen LogP contribution in [0.3, 0.4) is 0 Å². The molecule has 190 valence electrons. The van der Waals surface area contributed by atoms with Crippen LogP contribution in [0.2, 0.25) is 0 Å². The molecule has 0 saturated carbocycles. The van der Waals surface area contributed by atoms with Crippen LogP contribution < -0.4 is 11.1 Å². The van der Waals surface area contributed by atoms with Crippen LogP contribution in [-0.2, 0) is 0 Å². The van der Waals surface area contributed by atoms with Crippen LogP contribution in [0, 0.1) is 5.82 Å². The molecule has 0 heterocycles. The van der Waals surface area contributed by atoms with Gasteiger partial charge in [0.15, 0.2) is 0 Å². The van der Waals surface area contributed by atoms with Crippen molar-refractivity contribution in [3.8, 4) is 0 Å². The second kappa shape index (κ2) is 25.3. The predicted molar refractivity (Wildman–Crippen MR) is 145 cm³/mol. The van der Waals surface area contributed by atoms with E-state index >= 15 is 0 Å². The van der Waals surface area contributed by atoms with Crippen molar-refractivity contribution in [3.05, 3.63) is 35.6 Å². The smallest absolute Gasteiger partial charge is 0.123 e. The van der Waals surface area contributed by atoms with Crippen molar-refractivity contribution >= 4 is 24.8 Å². The van der Waals surface area contributed by atoms with Crippen molar-refractivity contribution in [2.75, 3.05) is 13.1 Å². The minimum Gasteiger partial charge on any atom is -0.324 e. The van der Waals surface area contributed by atoms with Crippen LogP contribution in [0.5, 0.6) is 0 Å². The largest absolute Gasteiger partial charge is 0.324 e. The molecule has 32 heavy (non-hydrogen) atoms. The molecule has 1 aromatic rings. The zero-order valence-electron chi connectivity index (χ0n) is 20.6. The van der Waals surface area contributed by atoms with Crippen LogP contribution in [0.1, 0.15) is 128 Å². The van der Waals surface area contributed by atoms with Crippen molar-refractivity contribution in [1.29, 1.82) is 0 Å². The number of rotatable bonds is 21. The van der Waals surface area contributed by atoms with Gasteiger partial charge in [0.2, 0.25) is 0 Å². The predicted octanol–water partition coefficient (Wildman–Crippen LogP) is 8.91. The fraction of sp³-hybridized carbons (Fsp3) is 0.778. The van der Waals surface area contributed by atoms with E-state index < -0.39 is 0 Å². The molecule has 0 aromatic heterocycles. The average molecular weight is 494 g/mol. The van der Waals surface area contributed by atoms with Gasteiger partial charge >= 0.3 is 0 Å². The molecule has 5 heteroatoms. The third-order valence-electron chi connectivity index (χ3n) is 6.14. The van der Waals surface area contributed by atoms with E-state index in [0.717, 1.165) is 25.1 Å². The van der Waals surface area contributed by atoms with Crippen LogP contribution in [-0.4, -0.2) is 13.1 Å². The first-order valence-corrected chi connectivity index (χ1v) is 13.0. The molecule has 0 bridgehead atoms. The number of halogens is 3. The van der Waals surface area contributed by atoms with Crippen LogP contribution in [0.15, 0.2) is 24.3 Å². The Morgan fingerprint density at radius 3 is 1.50 bits per heavy atom. The highest BCUT2D eigenvalue weighted by molar-refractivity contribution is 5.85. The molecule has 2 nitrogen and oxygen atoms in total. The normalized spacial score (nSPS) is 11.6. The second-order valence-corrected chi connectivity index (χ2v) is 9.00. The Bertz CT molecular complexity index is 485. The number of benzene rings is 1. The highest BCUT2D eigenvalue weighted by Crippen LogP contribution is 2.15. The summed E-state index contributed by atoms with van der Waals surface area (Å²) in [5.74, 6) is -0.201. The van der Waals surface area contributed by atoms with Gasteiger partial charge in [-0.15, -0.1) is 24.8 Å². The van der Waals surface area contributed by atoms with Crippen molar-refractivity contribution in [1.82, 2.24) is 5.32 Å². The zero-order valence-corrected chi connectivity index (χ0v) is 22.2. The average Bonchev–Trinajstić information content (AvgIpc) is 2.75. The maximum absolute atomic E-state index is 12.9. The molecule has 0 aliphatic rings. The molecular weight excluding hydrogens is 442 g/mol. The fourth-order valence-corrected chi connectivity index (χ4v) is 4.06. The molecule has 0 amide bonds. The van der Waals surface area contributed by atoms with E-state index in [2.05, 4.69) is 12.2 Å². The summed E-state index contributed by atoms with van der Waals surface area (Å²) in [4.78, 5) is 0. The highest BCUT2D eigenvalue weighted by Gasteiger charge is 2.05. The summed E-state index contributed by atoms with van der Waals surface area (Å²) in [5.41, 5.74) is 7.17. The lowest BCUT2D eigenvalue weighted by molar-refractivity contribution is 0.520. The van der Waals surface area contributed by atoms with Crippen molar-refractivity contribution in [3.63, 3.8) is 0 Å². The van der Waals surface area contributed by atoms with E-state index in [-0.39, 0.29) is 36.7 Å². The van der Waals surface area contributed by atoms with Crippen molar-refractivity contribution in [2.45, 2.75) is 122 Å². The first kappa shape index (κ1) is 33.8. The minimum absolute atomic E-state index is 0. The van der Waals surface area contributed by atoms with Crippen molar-refractivity contribution < 1.29 is 4.39 Å². The first-order valence-electron chi connectivity index (χ1n) is 13.0. The van der Waals surface area contributed by atoms with E-state index in [1.165, 1.54) is 115 Å². The minimum atomic E-state index is -0.201. The summed E-state index contributed by atoms with van der Waals surface area (Å²) in [5, 5.41) is 3.49. The summed E-state index contributed by atoms with van der Waals surface area (Å²) in [7, 11) is 0. The Labute approximate surface area is 210 Å². The van der Waals surface area contributed by atoms with Gasteiger partial charge in [0, 0.05) is 6.04 Å². The standard InChI is InChI=1S/C27H49FN2.2ClH/c1-2-3-4-5-6-7-8-9-10-11-12-13-14-15-16-17-23-30-24-22-27(29)25-18-20-26(28)21-19-25;;/h18-21,27,30H,2-17,22-24,29H2,1H3;2*1H. The van der Waals surface area contributed by atoms with Gasteiger partial charge in [-0.2, -0.15) is 0 Å². The molecule has 1 unspecified atom stereocenters. The van der Waals surface area contributed by atoms with Gasteiger partial charge in [0.25, 0.3) is 0 Å². The van der Waals surface area contributed by atoms with Crippen LogP contribution >= 0.6 is 24.8 Å². The zero-order chi connectivity index (χ0) is 21.7. The van der Waals surface area contributed by atoms with E-state index in [9.17, 15) is 4.39 Å². The van der Waals surface area contributed by atoms with E-state index in [4.69, 9.17) is 5.73 Å². The van der Waals surface area contributed by atoms with Gasteiger partial charge < -0.3 is 11.1 Å². The molecule has 0 fully saturated rings. The quantitative estimate of drug-likeness (QED) is 0.168. The summed E-state index contributed by atoms with van der Waals surface area (Å²) < 4.78 is 12.9. The second-order valence-electron chi connectivity index (χ2n) is 9.00. The molecule has 1 atom stereocenters. The molecule has 0 spiro atoms. The number of unbranched alkanes of at least 4 members (excludes halogenated alkanes) is 15. The lowest BCUT2D eigenvalue weighted by Gasteiger charge is -2.12. The number of nitrogens with one attached hydrogen (secondary N) is 1. The van der Waals surface area contributed by atoms with Crippen LogP contribution in [0.25, 0.3) is 0 Å². The summed E-state index contributed by atoms with van der Waals surface area (Å²) in [6, 6.07) is 6.53. The maximum atomic E-state index is 12.9. The lowest BCUT2D eigenvalue weighted by atomic mass is 10.0. The third-order valence-corrected chi connectivity index (χ3v) is 6.14. The van der Waals surface area contributed by atoms with E-state index in [1.54, 1.807) is 12.1 Å². The Balaban J connectivity index is 0. The maximum Gasteiger partial charge on any atom is 0.123 e. The number of nitrogens with two attached hydrogens (primary N) is 1. The van der Waals surface area contributed by atoms with Gasteiger partial charge in [-0.1, -0.05) is 115 Å². The molecule has 1 rings (SSSR count). The Morgan fingerprint density at radius 1 is 0.656 bits per heavy atom. The molecule has 3 N–H and O–H groups in total. The van der Waals surface area contributed by atoms with Gasteiger partial charge in [0.1, 0.15) is 5.82 Å². The molecule has 0 aliphatic heterocycles. The monoisotopic (exact) mass is 492 g/mol. The topological polar surface area (TPSA) is 38.0 Å². The van der Waals surface area contributed by atoms with Crippen LogP contribution in [0.4, 0.5) is 4.39 Å². The van der Waals surface area contributed by atoms with E-state index in [1.807, 2.05) is 0 Å². The SMILES string of the molecule is CCCCCCCCCCCCCCCCCCNCCC(N)c1ccc(F)cc1.Cl.Cl. The first-order chi connectivity index (χ1) is 14.7. The van der Waals surface area contributed by atoms with Crippen molar-refractivity contribution in [2.24, 2.45) is 5.73 Å².